The second kappa shape index (κ2) is 21.7. The summed E-state index contributed by atoms with van der Waals surface area (Å²) < 4.78 is 5.31. The van der Waals surface area contributed by atoms with Gasteiger partial charge < -0.3 is 15.2 Å². The van der Waals surface area contributed by atoms with Crippen LogP contribution in [0.4, 0.5) is 0 Å². The van der Waals surface area contributed by atoms with Crippen LogP contribution in [0, 0.1) is 0 Å². The first-order valence-corrected chi connectivity index (χ1v) is 11.7. The predicted octanol–water partition coefficient (Wildman–Crippen LogP) is 5.76. The maximum atomic E-state index is 11.7. The average molecular weight is 386 g/mol. The van der Waals surface area contributed by atoms with Crippen molar-refractivity contribution in [2.24, 2.45) is 0 Å². The van der Waals surface area contributed by atoms with E-state index in [1.54, 1.807) is 0 Å². The van der Waals surface area contributed by atoms with Crippen molar-refractivity contribution in [3.05, 3.63) is 0 Å². The molecule has 4 nitrogen and oxygen atoms in total. The minimum absolute atomic E-state index is 0.0252. The van der Waals surface area contributed by atoms with E-state index in [0.717, 1.165) is 12.8 Å². The van der Waals surface area contributed by atoms with Crippen LogP contribution in [0.5, 0.6) is 0 Å². The van der Waals surface area contributed by atoms with Gasteiger partial charge in [0.15, 0.2) is 0 Å². The molecule has 1 unspecified atom stereocenters. The fraction of sp³-hybridized carbons (Fsp3) is 0.957. The zero-order valence-corrected chi connectivity index (χ0v) is 18.3. The SMILES string of the molecule is CCCCCCCCCCCCCCCCCC(=O)NCC(C)OCCO. The van der Waals surface area contributed by atoms with Crippen molar-refractivity contribution in [2.45, 2.75) is 123 Å². The van der Waals surface area contributed by atoms with Crippen molar-refractivity contribution in [2.75, 3.05) is 19.8 Å². The lowest BCUT2D eigenvalue weighted by Gasteiger charge is -2.13. The Labute approximate surface area is 168 Å². The van der Waals surface area contributed by atoms with Crippen LogP contribution in [0.1, 0.15) is 117 Å². The van der Waals surface area contributed by atoms with Crippen molar-refractivity contribution in [1.29, 1.82) is 0 Å². The number of ether oxygens (including phenoxy) is 1. The third kappa shape index (κ3) is 21.5. The Morgan fingerprint density at radius 2 is 1.26 bits per heavy atom. The molecular weight excluding hydrogens is 338 g/mol. The molecule has 0 radical (unpaired) electrons. The summed E-state index contributed by atoms with van der Waals surface area (Å²) in [7, 11) is 0. The molecule has 0 aromatic heterocycles. The summed E-state index contributed by atoms with van der Waals surface area (Å²) in [4.78, 5) is 11.7. The van der Waals surface area contributed by atoms with Gasteiger partial charge in [0.05, 0.1) is 19.3 Å². The number of aliphatic hydroxyl groups excluding tert-OH is 1. The molecule has 0 bridgehead atoms. The van der Waals surface area contributed by atoms with E-state index in [1.807, 2.05) is 6.92 Å². The number of rotatable bonds is 21. The molecule has 2 N–H and O–H groups in total. The second-order valence-corrected chi connectivity index (χ2v) is 7.91. The Bertz CT molecular complexity index is 310. The van der Waals surface area contributed by atoms with Crippen LogP contribution in [0.15, 0.2) is 0 Å². The van der Waals surface area contributed by atoms with E-state index in [2.05, 4.69) is 12.2 Å². The minimum atomic E-state index is -0.0397. The zero-order valence-electron chi connectivity index (χ0n) is 18.3. The highest BCUT2D eigenvalue weighted by atomic mass is 16.5. The molecule has 0 aromatic carbocycles. The molecule has 27 heavy (non-hydrogen) atoms. The highest BCUT2D eigenvalue weighted by Gasteiger charge is 2.05. The fourth-order valence-corrected chi connectivity index (χ4v) is 3.32. The van der Waals surface area contributed by atoms with Crippen molar-refractivity contribution < 1.29 is 14.6 Å². The molecule has 0 spiro atoms. The first-order valence-electron chi connectivity index (χ1n) is 11.7. The van der Waals surface area contributed by atoms with E-state index in [-0.39, 0.29) is 18.6 Å². The molecule has 0 aliphatic carbocycles. The van der Waals surface area contributed by atoms with Gasteiger partial charge in [-0.1, -0.05) is 96.8 Å². The monoisotopic (exact) mass is 385 g/mol. The van der Waals surface area contributed by atoms with Crippen molar-refractivity contribution in [1.82, 2.24) is 5.32 Å². The minimum Gasteiger partial charge on any atom is -0.394 e. The number of carbonyl (C=O) groups excluding carboxylic acids is 1. The van der Waals surface area contributed by atoms with Gasteiger partial charge in [0, 0.05) is 13.0 Å². The summed E-state index contributed by atoms with van der Waals surface area (Å²) in [5.74, 6) is 0.115. The third-order valence-corrected chi connectivity index (χ3v) is 5.09. The van der Waals surface area contributed by atoms with Crippen LogP contribution in [-0.2, 0) is 9.53 Å². The third-order valence-electron chi connectivity index (χ3n) is 5.09. The molecule has 0 heterocycles. The number of hydrogen-bond acceptors (Lipinski definition) is 3. The van der Waals surface area contributed by atoms with Gasteiger partial charge >= 0.3 is 0 Å². The number of carbonyl (C=O) groups is 1. The molecule has 1 amide bonds. The van der Waals surface area contributed by atoms with Gasteiger partial charge in [0.1, 0.15) is 0 Å². The van der Waals surface area contributed by atoms with Gasteiger partial charge in [0.25, 0.3) is 0 Å². The molecule has 0 saturated carbocycles. The quantitative estimate of drug-likeness (QED) is 0.247. The van der Waals surface area contributed by atoms with E-state index in [9.17, 15) is 4.79 Å². The number of amides is 1. The highest BCUT2D eigenvalue weighted by Crippen LogP contribution is 2.13. The van der Waals surface area contributed by atoms with E-state index < -0.39 is 0 Å². The normalized spacial score (nSPS) is 12.3. The van der Waals surface area contributed by atoms with Crippen LogP contribution in [0.2, 0.25) is 0 Å². The van der Waals surface area contributed by atoms with Crippen molar-refractivity contribution in [3.8, 4) is 0 Å². The Hall–Kier alpha value is -0.610. The maximum absolute atomic E-state index is 11.7. The maximum Gasteiger partial charge on any atom is 0.220 e. The summed E-state index contributed by atoms with van der Waals surface area (Å²) >= 11 is 0. The number of aliphatic hydroxyl groups is 1. The summed E-state index contributed by atoms with van der Waals surface area (Å²) in [6, 6.07) is 0. The molecule has 162 valence electrons. The Morgan fingerprint density at radius 3 is 1.70 bits per heavy atom. The Morgan fingerprint density at radius 1 is 0.815 bits per heavy atom. The largest absolute Gasteiger partial charge is 0.394 e. The number of unbranched alkanes of at least 4 members (excludes halogenated alkanes) is 14. The van der Waals surface area contributed by atoms with E-state index >= 15 is 0 Å². The van der Waals surface area contributed by atoms with Gasteiger partial charge in [-0.25, -0.2) is 0 Å². The average Bonchev–Trinajstić information content (AvgIpc) is 2.67. The van der Waals surface area contributed by atoms with Crippen LogP contribution in [-0.4, -0.2) is 36.9 Å². The van der Waals surface area contributed by atoms with E-state index in [4.69, 9.17) is 9.84 Å². The summed E-state index contributed by atoms with van der Waals surface area (Å²) in [6.45, 7) is 5.06. The lowest BCUT2D eigenvalue weighted by Crippen LogP contribution is -2.32. The molecular formula is C23H47NO3. The first kappa shape index (κ1) is 26.4. The lowest BCUT2D eigenvalue weighted by atomic mass is 10.0. The summed E-state index contributed by atoms with van der Waals surface area (Å²) in [5.41, 5.74) is 0. The summed E-state index contributed by atoms with van der Waals surface area (Å²) in [5, 5.41) is 11.6. The van der Waals surface area contributed by atoms with Gasteiger partial charge in [-0.15, -0.1) is 0 Å². The number of nitrogens with one attached hydrogen (secondary N) is 1. The van der Waals surface area contributed by atoms with E-state index in [1.165, 1.54) is 83.5 Å². The van der Waals surface area contributed by atoms with Gasteiger partial charge in [-0.05, 0) is 13.3 Å². The topological polar surface area (TPSA) is 58.6 Å². The van der Waals surface area contributed by atoms with Crippen molar-refractivity contribution in [3.63, 3.8) is 0 Å². The van der Waals surface area contributed by atoms with Crippen LogP contribution >= 0.6 is 0 Å². The zero-order chi connectivity index (χ0) is 20.0. The molecule has 4 heteroatoms. The predicted molar refractivity (Wildman–Crippen MR) is 115 cm³/mol. The standard InChI is InChI=1S/C23H47NO3/c1-3-4-5-6-7-8-9-10-11-12-13-14-15-16-17-18-23(26)24-21-22(2)27-20-19-25/h22,25H,3-21H2,1-2H3,(H,24,26). The van der Waals surface area contributed by atoms with E-state index in [0.29, 0.717) is 19.6 Å². The highest BCUT2D eigenvalue weighted by molar-refractivity contribution is 5.75. The fourth-order valence-electron chi connectivity index (χ4n) is 3.32. The Balaban J connectivity index is 3.19. The van der Waals surface area contributed by atoms with Crippen LogP contribution < -0.4 is 5.32 Å². The second-order valence-electron chi connectivity index (χ2n) is 7.91. The van der Waals surface area contributed by atoms with Crippen LogP contribution in [0.3, 0.4) is 0 Å². The van der Waals surface area contributed by atoms with Gasteiger partial charge in [0.2, 0.25) is 5.91 Å². The Kier molecular flexibility index (Phi) is 21.2. The van der Waals surface area contributed by atoms with Crippen molar-refractivity contribution >= 4 is 5.91 Å². The molecule has 0 aliphatic heterocycles. The molecule has 0 aliphatic rings. The molecule has 0 fully saturated rings. The smallest absolute Gasteiger partial charge is 0.220 e. The molecule has 0 rings (SSSR count). The van der Waals surface area contributed by atoms with Gasteiger partial charge in [-0.3, -0.25) is 4.79 Å². The van der Waals surface area contributed by atoms with Gasteiger partial charge in [-0.2, -0.15) is 0 Å². The molecule has 1 atom stereocenters. The lowest BCUT2D eigenvalue weighted by molar-refractivity contribution is -0.121. The summed E-state index contributed by atoms with van der Waals surface area (Å²) in [6.07, 6.45) is 20.7. The number of hydrogen-bond donors (Lipinski definition) is 2. The van der Waals surface area contributed by atoms with Crippen LogP contribution in [0.25, 0.3) is 0 Å². The molecule has 0 aromatic rings. The molecule has 0 saturated heterocycles. The first-order chi connectivity index (χ1) is 13.2.